The van der Waals surface area contributed by atoms with E-state index in [4.69, 9.17) is 4.98 Å². The van der Waals surface area contributed by atoms with Gasteiger partial charge in [0.25, 0.3) is 0 Å². The standard InChI is InChI=1S/C17H29N3S/c1-4-12(2)16-15(11-18-14-8-9-14)21-17(19-16)20-10-6-5-7-13(20)3/h12-14,18H,4-11H2,1-3H3. The molecule has 1 aliphatic heterocycles. The van der Waals surface area contributed by atoms with Crippen LogP contribution in [0.5, 0.6) is 0 Å². The van der Waals surface area contributed by atoms with Crippen molar-refractivity contribution in [1.29, 1.82) is 0 Å². The van der Waals surface area contributed by atoms with Gasteiger partial charge in [0.05, 0.1) is 5.69 Å². The van der Waals surface area contributed by atoms with Gasteiger partial charge in [-0.2, -0.15) is 0 Å². The van der Waals surface area contributed by atoms with Gasteiger partial charge in [-0.05, 0) is 51.4 Å². The molecule has 1 N–H and O–H groups in total. The zero-order valence-electron chi connectivity index (χ0n) is 13.7. The topological polar surface area (TPSA) is 28.2 Å². The van der Waals surface area contributed by atoms with Crippen molar-refractivity contribution in [2.24, 2.45) is 0 Å². The number of rotatable bonds is 6. The van der Waals surface area contributed by atoms with E-state index in [0.29, 0.717) is 12.0 Å². The summed E-state index contributed by atoms with van der Waals surface area (Å²) >= 11 is 1.94. The number of anilines is 1. The molecule has 1 saturated carbocycles. The number of aromatic nitrogens is 1. The molecule has 2 atom stereocenters. The smallest absolute Gasteiger partial charge is 0.186 e. The monoisotopic (exact) mass is 307 g/mol. The SMILES string of the molecule is CCC(C)c1nc(N2CCCCC2C)sc1CNC1CC1. The molecule has 3 rings (SSSR count). The number of nitrogens with zero attached hydrogens (tertiary/aromatic N) is 2. The quantitative estimate of drug-likeness (QED) is 0.850. The second kappa shape index (κ2) is 6.66. The van der Waals surface area contributed by atoms with Gasteiger partial charge in [0.2, 0.25) is 0 Å². The first-order valence-corrected chi connectivity index (χ1v) is 9.50. The summed E-state index contributed by atoms with van der Waals surface area (Å²) in [6, 6.07) is 1.42. The first-order chi connectivity index (χ1) is 10.2. The van der Waals surface area contributed by atoms with E-state index in [0.717, 1.165) is 12.6 Å². The molecule has 21 heavy (non-hydrogen) atoms. The summed E-state index contributed by atoms with van der Waals surface area (Å²) in [6.07, 6.45) is 7.89. The van der Waals surface area contributed by atoms with Crippen LogP contribution in [0.1, 0.15) is 75.8 Å². The summed E-state index contributed by atoms with van der Waals surface area (Å²) < 4.78 is 0. The van der Waals surface area contributed by atoms with Crippen LogP contribution in [0, 0.1) is 0 Å². The zero-order valence-corrected chi connectivity index (χ0v) is 14.5. The van der Waals surface area contributed by atoms with Crippen LogP contribution in [0.25, 0.3) is 0 Å². The molecule has 0 spiro atoms. The highest BCUT2D eigenvalue weighted by atomic mass is 32.1. The lowest BCUT2D eigenvalue weighted by Gasteiger charge is -2.33. The number of hydrogen-bond acceptors (Lipinski definition) is 4. The van der Waals surface area contributed by atoms with Crippen molar-refractivity contribution in [3.05, 3.63) is 10.6 Å². The largest absolute Gasteiger partial charge is 0.345 e. The van der Waals surface area contributed by atoms with Gasteiger partial charge in [0, 0.05) is 30.1 Å². The number of hydrogen-bond donors (Lipinski definition) is 1. The van der Waals surface area contributed by atoms with Crippen LogP contribution in [0.3, 0.4) is 0 Å². The lowest BCUT2D eigenvalue weighted by Crippen LogP contribution is -2.37. The van der Waals surface area contributed by atoms with Gasteiger partial charge >= 0.3 is 0 Å². The summed E-state index contributed by atoms with van der Waals surface area (Å²) in [5.74, 6) is 0.575. The van der Waals surface area contributed by atoms with Crippen molar-refractivity contribution in [2.75, 3.05) is 11.4 Å². The van der Waals surface area contributed by atoms with E-state index < -0.39 is 0 Å². The molecule has 1 aromatic heterocycles. The molecule has 0 bridgehead atoms. The van der Waals surface area contributed by atoms with Gasteiger partial charge in [-0.25, -0.2) is 4.98 Å². The minimum absolute atomic E-state index is 0.575. The predicted molar refractivity (Wildman–Crippen MR) is 91.3 cm³/mol. The third-order valence-electron chi connectivity index (χ3n) is 4.97. The molecule has 0 radical (unpaired) electrons. The van der Waals surface area contributed by atoms with E-state index in [9.17, 15) is 0 Å². The van der Waals surface area contributed by atoms with E-state index in [1.54, 1.807) is 0 Å². The van der Waals surface area contributed by atoms with Crippen LogP contribution in [0.4, 0.5) is 5.13 Å². The van der Waals surface area contributed by atoms with Crippen molar-refractivity contribution in [3.8, 4) is 0 Å². The van der Waals surface area contributed by atoms with Crippen molar-refractivity contribution in [1.82, 2.24) is 10.3 Å². The maximum absolute atomic E-state index is 5.06. The normalized spacial score (nSPS) is 24.3. The average Bonchev–Trinajstić information content (AvgIpc) is 3.23. The summed E-state index contributed by atoms with van der Waals surface area (Å²) in [5, 5.41) is 4.94. The minimum Gasteiger partial charge on any atom is -0.345 e. The number of piperidine rings is 1. The second-order valence-electron chi connectivity index (χ2n) is 6.81. The van der Waals surface area contributed by atoms with E-state index in [1.165, 1.54) is 60.8 Å². The van der Waals surface area contributed by atoms with Gasteiger partial charge in [-0.3, -0.25) is 0 Å². The summed E-state index contributed by atoms with van der Waals surface area (Å²) in [5.41, 5.74) is 1.35. The molecular formula is C17H29N3S. The average molecular weight is 308 g/mol. The Hall–Kier alpha value is -0.610. The molecule has 3 nitrogen and oxygen atoms in total. The summed E-state index contributed by atoms with van der Waals surface area (Å²) in [7, 11) is 0. The maximum atomic E-state index is 5.06. The molecule has 1 aliphatic carbocycles. The molecule has 0 amide bonds. The molecule has 1 saturated heterocycles. The Balaban J connectivity index is 1.79. The minimum atomic E-state index is 0.575. The van der Waals surface area contributed by atoms with Crippen LogP contribution in [0.15, 0.2) is 0 Å². The van der Waals surface area contributed by atoms with Gasteiger partial charge in [-0.15, -0.1) is 11.3 Å². The molecule has 0 aromatic carbocycles. The first kappa shape index (κ1) is 15.3. The summed E-state index contributed by atoms with van der Waals surface area (Å²) in [4.78, 5) is 9.08. The Kier molecular flexibility index (Phi) is 4.85. The van der Waals surface area contributed by atoms with E-state index in [1.807, 2.05) is 11.3 Å². The van der Waals surface area contributed by atoms with Crippen LogP contribution >= 0.6 is 11.3 Å². The highest BCUT2D eigenvalue weighted by molar-refractivity contribution is 7.15. The fraction of sp³-hybridized carbons (Fsp3) is 0.824. The Morgan fingerprint density at radius 3 is 2.81 bits per heavy atom. The fourth-order valence-electron chi connectivity index (χ4n) is 3.09. The molecule has 2 aliphatic rings. The third kappa shape index (κ3) is 3.59. The number of nitrogens with one attached hydrogen (secondary N) is 1. The number of thiazole rings is 1. The molecule has 1 aromatic rings. The Morgan fingerprint density at radius 2 is 2.14 bits per heavy atom. The highest BCUT2D eigenvalue weighted by Crippen LogP contribution is 2.35. The van der Waals surface area contributed by atoms with Crippen LogP contribution in [-0.4, -0.2) is 23.6 Å². The van der Waals surface area contributed by atoms with Crippen molar-refractivity contribution < 1.29 is 0 Å². The van der Waals surface area contributed by atoms with Gasteiger partial charge < -0.3 is 10.2 Å². The van der Waals surface area contributed by atoms with E-state index >= 15 is 0 Å². The third-order valence-corrected chi connectivity index (χ3v) is 6.08. The van der Waals surface area contributed by atoms with Gasteiger partial charge in [0.15, 0.2) is 5.13 Å². The lowest BCUT2D eigenvalue weighted by atomic mass is 10.0. The van der Waals surface area contributed by atoms with E-state index in [2.05, 4.69) is 31.0 Å². The maximum Gasteiger partial charge on any atom is 0.186 e. The van der Waals surface area contributed by atoms with Crippen LogP contribution in [-0.2, 0) is 6.54 Å². The van der Waals surface area contributed by atoms with E-state index in [-0.39, 0.29) is 0 Å². The molecule has 4 heteroatoms. The molecule has 2 fully saturated rings. The Labute approximate surface area is 133 Å². The Bertz CT molecular complexity index is 467. The van der Waals surface area contributed by atoms with Crippen molar-refractivity contribution >= 4 is 16.5 Å². The zero-order chi connectivity index (χ0) is 14.8. The fourth-order valence-corrected chi connectivity index (χ4v) is 4.35. The highest BCUT2D eigenvalue weighted by Gasteiger charge is 2.26. The van der Waals surface area contributed by atoms with Crippen molar-refractivity contribution in [2.45, 2.75) is 83.8 Å². The molecule has 2 unspecified atom stereocenters. The summed E-state index contributed by atoms with van der Waals surface area (Å²) in [6.45, 7) is 9.14. The van der Waals surface area contributed by atoms with Crippen molar-refractivity contribution in [3.63, 3.8) is 0 Å². The first-order valence-electron chi connectivity index (χ1n) is 8.68. The predicted octanol–water partition coefficient (Wildman–Crippen LogP) is 4.29. The molecular weight excluding hydrogens is 278 g/mol. The molecule has 2 heterocycles. The van der Waals surface area contributed by atoms with Gasteiger partial charge in [0.1, 0.15) is 0 Å². The second-order valence-corrected chi connectivity index (χ2v) is 7.87. The Morgan fingerprint density at radius 1 is 1.33 bits per heavy atom. The van der Waals surface area contributed by atoms with Crippen LogP contribution < -0.4 is 10.2 Å². The van der Waals surface area contributed by atoms with Crippen LogP contribution in [0.2, 0.25) is 0 Å². The molecule has 118 valence electrons. The lowest BCUT2D eigenvalue weighted by molar-refractivity contribution is 0.483. The van der Waals surface area contributed by atoms with Gasteiger partial charge in [-0.1, -0.05) is 13.8 Å².